The average molecular weight is 338 g/mol. The van der Waals surface area contributed by atoms with Crippen molar-refractivity contribution in [1.29, 1.82) is 0 Å². The molecule has 0 aliphatic carbocycles. The van der Waals surface area contributed by atoms with Gasteiger partial charge in [0.05, 0.1) is 12.9 Å². The molecule has 0 aromatic carbocycles. The van der Waals surface area contributed by atoms with Gasteiger partial charge in [0.25, 0.3) is 0 Å². The highest BCUT2D eigenvalue weighted by Gasteiger charge is 2.26. The molecule has 3 aromatic rings. The summed E-state index contributed by atoms with van der Waals surface area (Å²) in [4.78, 5) is 15.0. The number of aromatic nitrogens is 7. The maximum Gasteiger partial charge on any atom is 0.225 e. The molecule has 0 radical (unpaired) electrons. The van der Waals surface area contributed by atoms with Crippen molar-refractivity contribution in [1.82, 2.24) is 34.3 Å². The van der Waals surface area contributed by atoms with Crippen LogP contribution in [0.25, 0.3) is 0 Å². The van der Waals surface area contributed by atoms with Gasteiger partial charge in [-0.25, -0.2) is 15.0 Å². The van der Waals surface area contributed by atoms with E-state index in [9.17, 15) is 0 Å². The molecule has 0 unspecified atom stereocenters. The van der Waals surface area contributed by atoms with Crippen molar-refractivity contribution in [3.05, 3.63) is 48.8 Å². The van der Waals surface area contributed by atoms with Crippen molar-refractivity contribution < 1.29 is 0 Å². The minimum absolute atomic E-state index is 0.434. The topological polar surface area (TPSA) is 77.5 Å². The van der Waals surface area contributed by atoms with Crippen LogP contribution in [0.15, 0.2) is 37.2 Å². The summed E-state index contributed by atoms with van der Waals surface area (Å²) >= 11 is 0. The molecule has 4 rings (SSSR count). The van der Waals surface area contributed by atoms with Gasteiger partial charge in [0, 0.05) is 50.3 Å². The van der Waals surface area contributed by atoms with Gasteiger partial charge in [-0.2, -0.15) is 0 Å². The molecule has 25 heavy (non-hydrogen) atoms. The molecule has 0 N–H and O–H groups in total. The van der Waals surface area contributed by atoms with Crippen LogP contribution in [0.4, 0.5) is 5.95 Å². The lowest BCUT2D eigenvalue weighted by Crippen LogP contribution is -2.34. The Kier molecular flexibility index (Phi) is 4.41. The predicted molar refractivity (Wildman–Crippen MR) is 93.2 cm³/mol. The number of anilines is 1. The monoisotopic (exact) mass is 338 g/mol. The molecule has 0 spiro atoms. The molecule has 0 atom stereocenters. The maximum atomic E-state index is 4.52. The SMILES string of the molecule is CCn1c(Cn2ccnc2)nnc1C1CCN(c2ncccn2)CC1. The number of piperidine rings is 1. The Balaban J connectivity index is 1.47. The van der Waals surface area contributed by atoms with Crippen LogP contribution < -0.4 is 4.90 Å². The molecule has 8 nitrogen and oxygen atoms in total. The summed E-state index contributed by atoms with van der Waals surface area (Å²) in [5.41, 5.74) is 0. The van der Waals surface area contributed by atoms with E-state index in [2.05, 4.69) is 41.5 Å². The van der Waals surface area contributed by atoms with Crippen molar-refractivity contribution in [2.45, 2.75) is 38.8 Å². The van der Waals surface area contributed by atoms with Gasteiger partial charge in [0.2, 0.25) is 5.95 Å². The number of rotatable bonds is 5. The summed E-state index contributed by atoms with van der Waals surface area (Å²) in [5, 5.41) is 8.96. The Morgan fingerprint density at radius 2 is 1.88 bits per heavy atom. The van der Waals surface area contributed by atoms with Crippen molar-refractivity contribution in [2.75, 3.05) is 18.0 Å². The molecule has 8 heteroatoms. The van der Waals surface area contributed by atoms with Crippen molar-refractivity contribution >= 4 is 5.95 Å². The van der Waals surface area contributed by atoms with Crippen molar-refractivity contribution in [3.63, 3.8) is 0 Å². The Morgan fingerprint density at radius 1 is 1.08 bits per heavy atom. The van der Waals surface area contributed by atoms with Gasteiger partial charge in [-0.1, -0.05) is 0 Å². The highest BCUT2D eigenvalue weighted by molar-refractivity contribution is 5.29. The molecule has 1 aliphatic rings. The standard InChI is InChI=1S/C17H22N8/c1-2-25-15(12-23-11-8-18-13-23)21-22-16(25)14-4-9-24(10-5-14)17-19-6-3-7-20-17/h3,6-8,11,13-14H,2,4-5,9-10,12H2,1H3. The third kappa shape index (κ3) is 3.24. The second-order valence-electron chi connectivity index (χ2n) is 6.26. The molecule has 1 aliphatic heterocycles. The van der Waals surface area contributed by atoms with E-state index in [0.717, 1.165) is 50.1 Å². The van der Waals surface area contributed by atoms with E-state index in [1.807, 2.05) is 23.2 Å². The molecule has 1 fully saturated rings. The first-order valence-corrected chi connectivity index (χ1v) is 8.75. The van der Waals surface area contributed by atoms with Gasteiger partial charge in [0.15, 0.2) is 5.82 Å². The second-order valence-corrected chi connectivity index (χ2v) is 6.26. The van der Waals surface area contributed by atoms with E-state index in [-0.39, 0.29) is 0 Å². The Hall–Kier alpha value is -2.77. The van der Waals surface area contributed by atoms with Crippen LogP contribution in [0.3, 0.4) is 0 Å². The van der Waals surface area contributed by atoms with Crippen LogP contribution >= 0.6 is 0 Å². The lowest BCUT2D eigenvalue weighted by Gasteiger charge is -2.31. The fourth-order valence-electron chi connectivity index (χ4n) is 3.45. The lowest BCUT2D eigenvalue weighted by atomic mass is 9.96. The molecule has 130 valence electrons. The van der Waals surface area contributed by atoms with Gasteiger partial charge in [-0.15, -0.1) is 10.2 Å². The zero-order valence-electron chi connectivity index (χ0n) is 14.4. The highest BCUT2D eigenvalue weighted by atomic mass is 15.3. The van der Waals surface area contributed by atoms with Crippen LogP contribution in [0.1, 0.15) is 37.3 Å². The summed E-state index contributed by atoms with van der Waals surface area (Å²) < 4.78 is 4.27. The molecule has 0 bridgehead atoms. The third-order valence-electron chi connectivity index (χ3n) is 4.75. The van der Waals surface area contributed by atoms with E-state index < -0.39 is 0 Å². The molecule has 1 saturated heterocycles. The van der Waals surface area contributed by atoms with E-state index in [0.29, 0.717) is 12.5 Å². The zero-order chi connectivity index (χ0) is 17.1. The van der Waals surface area contributed by atoms with Crippen LogP contribution in [0.5, 0.6) is 0 Å². The van der Waals surface area contributed by atoms with Gasteiger partial charge in [-0.05, 0) is 25.8 Å². The summed E-state index contributed by atoms with van der Waals surface area (Å²) in [7, 11) is 0. The van der Waals surface area contributed by atoms with Crippen LogP contribution in [0, 0.1) is 0 Å². The number of imidazole rings is 1. The Labute approximate surface area is 146 Å². The van der Waals surface area contributed by atoms with Gasteiger partial charge in [0.1, 0.15) is 5.82 Å². The zero-order valence-corrected chi connectivity index (χ0v) is 14.4. The summed E-state index contributed by atoms with van der Waals surface area (Å²) in [6, 6.07) is 1.85. The van der Waals surface area contributed by atoms with Crippen LogP contribution in [-0.2, 0) is 13.1 Å². The minimum Gasteiger partial charge on any atom is -0.341 e. The number of hydrogen-bond acceptors (Lipinski definition) is 6. The quantitative estimate of drug-likeness (QED) is 0.705. The molecule has 0 amide bonds. The van der Waals surface area contributed by atoms with Gasteiger partial charge < -0.3 is 14.0 Å². The Bertz CT molecular complexity index is 787. The molecule has 3 aromatic heterocycles. The third-order valence-corrected chi connectivity index (χ3v) is 4.75. The first kappa shape index (κ1) is 15.7. The number of hydrogen-bond donors (Lipinski definition) is 0. The van der Waals surface area contributed by atoms with Gasteiger partial charge >= 0.3 is 0 Å². The van der Waals surface area contributed by atoms with Crippen LogP contribution in [0.2, 0.25) is 0 Å². The molecular formula is C17H22N8. The summed E-state index contributed by atoms with van der Waals surface area (Å²) in [6.45, 7) is 5.63. The Morgan fingerprint density at radius 3 is 2.56 bits per heavy atom. The molecule has 0 saturated carbocycles. The largest absolute Gasteiger partial charge is 0.341 e. The lowest BCUT2D eigenvalue weighted by molar-refractivity contribution is 0.460. The fraction of sp³-hybridized carbons (Fsp3) is 0.471. The van der Waals surface area contributed by atoms with E-state index in [1.54, 1.807) is 18.6 Å². The van der Waals surface area contributed by atoms with Crippen molar-refractivity contribution in [2.24, 2.45) is 0 Å². The average Bonchev–Trinajstić information content (AvgIpc) is 3.32. The molecular weight excluding hydrogens is 316 g/mol. The smallest absolute Gasteiger partial charge is 0.225 e. The predicted octanol–water partition coefficient (Wildman–Crippen LogP) is 1.72. The normalized spacial score (nSPS) is 15.6. The minimum atomic E-state index is 0.434. The van der Waals surface area contributed by atoms with Crippen LogP contribution in [-0.4, -0.2) is 47.4 Å². The van der Waals surface area contributed by atoms with Gasteiger partial charge in [-0.3, -0.25) is 0 Å². The fourth-order valence-corrected chi connectivity index (χ4v) is 3.45. The highest BCUT2D eigenvalue weighted by Crippen LogP contribution is 2.28. The van der Waals surface area contributed by atoms with E-state index in [4.69, 9.17) is 0 Å². The van der Waals surface area contributed by atoms with Crippen molar-refractivity contribution in [3.8, 4) is 0 Å². The second kappa shape index (κ2) is 7.00. The maximum absolute atomic E-state index is 4.52. The number of nitrogens with zero attached hydrogens (tertiary/aromatic N) is 8. The summed E-state index contributed by atoms with van der Waals surface area (Å²) in [5.74, 6) is 3.35. The van der Waals surface area contributed by atoms with E-state index in [1.165, 1.54) is 0 Å². The molecule has 4 heterocycles. The first-order valence-electron chi connectivity index (χ1n) is 8.75. The summed E-state index contributed by atoms with van der Waals surface area (Å²) in [6.07, 6.45) is 11.2. The van der Waals surface area contributed by atoms with E-state index >= 15 is 0 Å². The first-order chi connectivity index (χ1) is 12.3.